The molecule has 2 saturated heterocycles. The predicted molar refractivity (Wildman–Crippen MR) is 137 cm³/mol. The highest BCUT2D eigenvalue weighted by atomic mass is 19.4. The first-order valence-corrected chi connectivity index (χ1v) is 12.8. The largest absolute Gasteiger partial charge is 0.497 e. The van der Waals surface area contributed by atoms with Crippen LogP contribution in [0.3, 0.4) is 0 Å². The third-order valence-electron chi connectivity index (χ3n) is 7.59. The zero-order valence-corrected chi connectivity index (χ0v) is 21.5. The zero-order valence-electron chi connectivity index (χ0n) is 21.5. The molecule has 202 valence electrons. The molecule has 6 nitrogen and oxygen atoms in total. The second-order valence-electron chi connectivity index (χ2n) is 9.89. The Morgan fingerprint density at radius 1 is 1.00 bits per heavy atom. The lowest BCUT2D eigenvalue weighted by atomic mass is 9.86. The monoisotopic (exact) mass is 519 g/mol. The number of benzene rings is 2. The Kier molecular flexibility index (Phi) is 8.97. The maximum absolute atomic E-state index is 13.2. The van der Waals surface area contributed by atoms with Crippen molar-refractivity contribution in [2.45, 2.75) is 38.0 Å². The number of carbonyl (C=O) groups excluding carboxylic acids is 1. The van der Waals surface area contributed by atoms with Gasteiger partial charge in [0.1, 0.15) is 5.75 Å². The molecule has 0 radical (unpaired) electrons. The third-order valence-corrected chi connectivity index (χ3v) is 7.59. The quantitative estimate of drug-likeness (QED) is 0.472. The topological polar surface area (TPSA) is 45.2 Å². The van der Waals surface area contributed by atoms with E-state index < -0.39 is 11.7 Å². The summed E-state index contributed by atoms with van der Waals surface area (Å²) in [6.07, 6.45) is -2.22. The lowest BCUT2D eigenvalue weighted by Crippen LogP contribution is -2.56. The van der Waals surface area contributed by atoms with E-state index in [2.05, 4.69) is 21.9 Å². The number of halogens is 3. The predicted octanol–water partition coefficient (Wildman–Crippen LogP) is 4.68. The van der Waals surface area contributed by atoms with Gasteiger partial charge in [-0.05, 0) is 61.2 Å². The average Bonchev–Trinajstić information content (AvgIpc) is 2.91. The second kappa shape index (κ2) is 12.2. The molecule has 0 unspecified atom stereocenters. The Labute approximate surface area is 216 Å². The number of esters is 1. The van der Waals surface area contributed by atoms with Crippen LogP contribution >= 0.6 is 0 Å². The summed E-state index contributed by atoms with van der Waals surface area (Å²) < 4.78 is 49.8. The maximum atomic E-state index is 13.2. The van der Waals surface area contributed by atoms with Crippen molar-refractivity contribution in [1.29, 1.82) is 0 Å². The Bertz CT molecular complexity index is 1040. The molecule has 0 aliphatic carbocycles. The molecule has 2 aromatic rings. The van der Waals surface area contributed by atoms with E-state index in [4.69, 9.17) is 9.47 Å². The van der Waals surface area contributed by atoms with Crippen molar-refractivity contribution in [3.8, 4) is 5.75 Å². The number of ether oxygens (including phenoxy) is 2. The number of carbonyl (C=O) groups is 1. The van der Waals surface area contributed by atoms with Crippen LogP contribution in [-0.4, -0.2) is 75.3 Å². The first-order valence-electron chi connectivity index (χ1n) is 12.8. The van der Waals surface area contributed by atoms with E-state index >= 15 is 0 Å². The van der Waals surface area contributed by atoms with Crippen molar-refractivity contribution in [2.24, 2.45) is 5.92 Å². The number of anilines is 1. The van der Waals surface area contributed by atoms with Gasteiger partial charge in [0.2, 0.25) is 0 Å². The third kappa shape index (κ3) is 7.17. The van der Waals surface area contributed by atoms with Crippen LogP contribution in [0.2, 0.25) is 0 Å². The molecule has 0 N–H and O–H groups in total. The van der Waals surface area contributed by atoms with Crippen molar-refractivity contribution in [3.63, 3.8) is 0 Å². The lowest BCUT2D eigenvalue weighted by Gasteiger charge is -2.47. The molecule has 4 rings (SSSR count). The summed E-state index contributed by atoms with van der Waals surface area (Å²) >= 11 is 0. The highest BCUT2D eigenvalue weighted by molar-refractivity contribution is 5.69. The maximum Gasteiger partial charge on any atom is 0.416 e. The van der Waals surface area contributed by atoms with Crippen molar-refractivity contribution in [2.75, 3.05) is 58.4 Å². The van der Waals surface area contributed by atoms with Gasteiger partial charge in [-0.3, -0.25) is 14.6 Å². The van der Waals surface area contributed by atoms with Gasteiger partial charge in [-0.15, -0.1) is 0 Å². The minimum atomic E-state index is -4.34. The molecule has 2 heterocycles. The van der Waals surface area contributed by atoms with E-state index in [1.807, 2.05) is 17.0 Å². The number of piperazine rings is 1. The van der Waals surface area contributed by atoms with Crippen LogP contribution in [0.15, 0.2) is 48.5 Å². The van der Waals surface area contributed by atoms with Gasteiger partial charge in [-0.25, -0.2) is 0 Å². The number of hydrogen-bond acceptors (Lipinski definition) is 6. The van der Waals surface area contributed by atoms with Gasteiger partial charge in [0.25, 0.3) is 0 Å². The molecule has 0 saturated carbocycles. The van der Waals surface area contributed by atoms with Gasteiger partial charge in [0, 0.05) is 57.4 Å². The Hall–Kier alpha value is -2.78. The smallest absolute Gasteiger partial charge is 0.416 e. The number of hydrogen-bond donors (Lipinski definition) is 0. The molecule has 0 amide bonds. The average molecular weight is 520 g/mol. The lowest BCUT2D eigenvalue weighted by molar-refractivity contribution is -0.141. The van der Waals surface area contributed by atoms with E-state index in [0.29, 0.717) is 37.2 Å². The van der Waals surface area contributed by atoms with Gasteiger partial charge < -0.3 is 14.4 Å². The van der Waals surface area contributed by atoms with Crippen LogP contribution in [-0.2, 0) is 22.3 Å². The van der Waals surface area contributed by atoms with Gasteiger partial charge in [-0.2, -0.15) is 13.2 Å². The summed E-state index contributed by atoms with van der Waals surface area (Å²) in [5, 5.41) is 0. The molecule has 2 aliphatic heterocycles. The molecular formula is C28H36F3N3O3. The number of methoxy groups -OCH3 is 2. The molecule has 2 fully saturated rings. The number of piperidine rings is 1. The Morgan fingerprint density at radius 2 is 1.76 bits per heavy atom. The Morgan fingerprint density at radius 3 is 2.46 bits per heavy atom. The summed E-state index contributed by atoms with van der Waals surface area (Å²) in [6.45, 7) is 5.57. The second-order valence-corrected chi connectivity index (χ2v) is 9.89. The van der Waals surface area contributed by atoms with Crippen LogP contribution in [0.1, 0.15) is 30.4 Å². The normalized spacial score (nSPS) is 21.6. The van der Waals surface area contributed by atoms with Crippen molar-refractivity contribution in [3.05, 3.63) is 59.7 Å². The summed E-state index contributed by atoms with van der Waals surface area (Å²) in [7, 11) is 3.09. The number of likely N-dealkylation sites (tertiary alicyclic amines) is 1. The van der Waals surface area contributed by atoms with Gasteiger partial charge in [0.15, 0.2) is 0 Å². The first kappa shape index (κ1) is 27.3. The molecule has 2 aliphatic rings. The standard InChI is InChI=1S/C28H36F3N3O3/c1-36-25-8-3-5-21(17-25)19-32-12-11-26(22(20-32)9-10-27(35)37-2)34-15-13-33(14-16-34)24-7-4-6-23(18-24)28(29,30)31/h3-8,17-18,22,26H,9-16,19-20H2,1-2H3/t22-,26+/m1/s1. The van der Waals surface area contributed by atoms with E-state index in [-0.39, 0.29) is 5.97 Å². The van der Waals surface area contributed by atoms with Gasteiger partial charge >= 0.3 is 12.1 Å². The van der Waals surface area contributed by atoms with E-state index in [9.17, 15) is 18.0 Å². The molecular weight excluding hydrogens is 483 g/mol. The molecule has 0 bridgehead atoms. The minimum absolute atomic E-state index is 0.196. The fraction of sp³-hybridized carbons (Fsp3) is 0.536. The highest BCUT2D eigenvalue weighted by Gasteiger charge is 2.35. The summed E-state index contributed by atoms with van der Waals surface area (Å²) in [5.41, 5.74) is 1.20. The fourth-order valence-electron chi connectivity index (χ4n) is 5.63. The van der Waals surface area contributed by atoms with Crippen LogP contribution in [0, 0.1) is 5.92 Å². The summed E-state index contributed by atoms with van der Waals surface area (Å²) in [6, 6.07) is 14.0. The number of alkyl halides is 3. The van der Waals surface area contributed by atoms with E-state index in [1.165, 1.54) is 24.8 Å². The molecule has 37 heavy (non-hydrogen) atoms. The van der Waals surface area contributed by atoms with Crippen molar-refractivity contribution < 1.29 is 27.4 Å². The van der Waals surface area contributed by atoms with E-state index in [1.54, 1.807) is 13.2 Å². The molecule has 0 spiro atoms. The molecule has 2 atom stereocenters. The summed E-state index contributed by atoms with van der Waals surface area (Å²) in [5.74, 6) is 0.949. The first-order chi connectivity index (χ1) is 17.8. The highest BCUT2D eigenvalue weighted by Crippen LogP contribution is 2.33. The van der Waals surface area contributed by atoms with Crippen LogP contribution in [0.5, 0.6) is 5.75 Å². The molecule has 9 heteroatoms. The van der Waals surface area contributed by atoms with Crippen molar-refractivity contribution >= 4 is 11.7 Å². The SMILES string of the molecule is COC(=O)CC[C@@H]1CN(Cc2cccc(OC)c2)CC[C@@H]1N1CCN(c2cccc(C(F)(F)F)c2)CC1. The van der Waals surface area contributed by atoms with Gasteiger partial charge in [-0.1, -0.05) is 18.2 Å². The number of rotatable bonds is 8. The van der Waals surface area contributed by atoms with Crippen molar-refractivity contribution in [1.82, 2.24) is 9.80 Å². The summed E-state index contributed by atoms with van der Waals surface area (Å²) in [4.78, 5) is 18.9. The number of nitrogens with zero attached hydrogens (tertiary/aromatic N) is 3. The molecule has 0 aromatic heterocycles. The fourth-order valence-corrected chi connectivity index (χ4v) is 5.63. The Balaban J connectivity index is 1.39. The van der Waals surface area contributed by atoms with Crippen LogP contribution in [0.25, 0.3) is 0 Å². The molecule has 2 aromatic carbocycles. The van der Waals surface area contributed by atoms with Gasteiger partial charge in [0.05, 0.1) is 19.8 Å². The van der Waals surface area contributed by atoms with E-state index in [0.717, 1.165) is 57.4 Å². The van der Waals surface area contributed by atoms with Crippen LogP contribution in [0.4, 0.5) is 18.9 Å². The zero-order chi connectivity index (χ0) is 26.4. The minimum Gasteiger partial charge on any atom is -0.497 e. The van der Waals surface area contributed by atoms with Crippen LogP contribution < -0.4 is 9.64 Å².